The van der Waals surface area contributed by atoms with Crippen molar-refractivity contribution in [2.24, 2.45) is 0 Å². The Kier molecular flexibility index (Phi) is 5.81. The SMILES string of the molecule is CN(Cc1ccccc1C(F)(F)F)C(=O)COCC(F)(F)F. The number of alkyl halides is 6. The van der Waals surface area contributed by atoms with Gasteiger partial charge < -0.3 is 9.64 Å². The average Bonchev–Trinajstić information content (AvgIpc) is 2.36. The summed E-state index contributed by atoms with van der Waals surface area (Å²) < 4.78 is 78.1. The molecule has 1 amide bonds. The van der Waals surface area contributed by atoms with Crippen LogP contribution in [0.3, 0.4) is 0 Å². The Labute approximate surface area is 122 Å². The van der Waals surface area contributed by atoms with Crippen LogP contribution in [0.4, 0.5) is 26.3 Å². The fourth-order valence-electron chi connectivity index (χ4n) is 1.64. The van der Waals surface area contributed by atoms with E-state index in [9.17, 15) is 31.1 Å². The van der Waals surface area contributed by atoms with E-state index in [1.165, 1.54) is 25.2 Å². The number of ether oxygens (including phenoxy) is 1. The molecule has 1 aromatic carbocycles. The maximum Gasteiger partial charge on any atom is 0.416 e. The number of hydrogen-bond donors (Lipinski definition) is 0. The van der Waals surface area contributed by atoms with Crippen LogP contribution in [0.15, 0.2) is 24.3 Å². The van der Waals surface area contributed by atoms with E-state index in [0.717, 1.165) is 11.0 Å². The third-order valence-electron chi connectivity index (χ3n) is 2.65. The van der Waals surface area contributed by atoms with Crippen molar-refractivity contribution in [1.82, 2.24) is 4.90 Å². The Balaban J connectivity index is 2.65. The monoisotopic (exact) mass is 329 g/mol. The number of carbonyl (C=O) groups is 1. The van der Waals surface area contributed by atoms with Gasteiger partial charge in [0.1, 0.15) is 13.2 Å². The van der Waals surface area contributed by atoms with Gasteiger partial charge in [-0.2, -0.15) is 26.3 Å². The Hall–Kier alpha value is -1.77. The molecule has 1 aromatic rings. The van der Waals surface area contributed by atoms with Crippen LogP contribution < -0.4 is 0 Å². The minimum atomic E-state index is -4.58. The lowest BCUT2D eigenvalue weighted by Crippen LogP contribution is -2.32. The van der Waals surface area contributed by atoms with Crippen molar-refractivity contribution < 1.29 is 35.9 Å². The summed E-state index contributed by atoms with van der Waals surface area (Å²) in [6, 6.07) is 4.65. The maximum absolute atomic E-state index is 12.8. The summed E-state index contributed by atoms with van der Waals surface area (Å²) >= 11 is 0. The van der Waals surface area contributed by atoms with E-state index in [1.54, 1.807) is 0 Å². The second-order valence-corrected chi connectivity index (χ2v) is 4.51. The van der Waals surface area contributed by atoms with E-state index < -0.39 is 37.0 Å². The van der Waals surface area contributed by atoms with E-state index in [4.69, 9.17) is 0 Å². The zero-order valence-electron chi connectivity index (χ0n) is 11.5. The second kappa shape index (κ2) is 6.99. The molecule has 0 unspecified atom stereocenters. The van der Waals surface area contributed by atoms with Crippen LogP contribution in [0, 0.1) is 0 Å². The molecule has 0 aromatic heterocycles. The van der Waals surface area contributed by atoms with Gasteiger partial charge in [0.25, 0.3) is 0 Å². The van der Waals surface area contributed by atoms with Gasteiger partial charge in [-0.3, -0.25) is 4.79 Å². The summed E-state index contributed by atoms with van der Waals surface area (Å²) in [7, 11) is 1.19. The van der Waals surface area contributed by atoms with E-state index in [2.05, 4.69) is 4.74 Å². The van der Waals surface area contributed by atoms with Crippen LogP contribution in [-0.2, 0) is 22.3 Å². The van der Waals surface area contributed by atoms with Crippen LogP contribution in [0.5, 0.6) is 0 Å². The first-order valence-electron chi connectivity index (χ1n) is 6.04. The number of halogens is 6. The minimum Gasteiger partial charge on any atom is -0.362 e. The number of likely N-dealkylation sites (N-methyl/N-ethyl adjacent to an activating group) is 1. The molecule has 0 radical (unpaired) electrons. The summed E-state index contributed by atoms with van der Waals surface area (Å²) in [5.74, 6) is -0.846. The molecule has 0 spiro atoms. The highest BCUT2D eigenvalue weighted by atomic mass is 19.4. The molecule has 0 fully saturated rings. The van der Waals surface area contributed by atoms with Gasteiger partial charge in [-0.1, -0.05) is 18.2 Å². The molecule has 0 N–H and O–H groups in total. The number of amides is 1. The predicted molar refractivity (Wildman–Crippen MR) is 64.8 cm³/mol. The van der Waals surface area contributed by atoms with Gasteiger partial charge in [0.05, 0.1) is 5.56 Å². The molecular formula is C13H13F6NO2. The third-order valence-corrected chi connectivity index (χ3v) is 2.65. The first kappa shape index (κ1) is 18.3. The highest BCUT2D eigenvalue weighted by Crippen LogP contribution is 2.32. The zero-order chi connectivity index (χ0) is 17.0. The third kappa shape index (κ3) is 5.92. The number of carbonyl (C=O) groups excluding carboxylic acids is 1. The highest BCUT2D eigenvalue weighted by Gasteiger charge is 2.33. The minimum absolute atomic E-state index is 0.151. The molecule has 9 heteroatoms. The van der Waals surface area contributed by atoms with E-state index in [-0.39, 0.29) is 12.1 Å². The summed E-state index contributed by atoms with van der Waals surface area (Å²) in [5, 5.41) is 0. The second-order valence-electron chi connectivity index (χ2n) is 4.51. The van der Waals surface area contributed by atoms with Gasteiger partial charge in [-0.05, 0) is 11.6 Å². The summed E-state index contributed by atoms with van der Waals surface area (Å²) in [5.41, 5.74) is -1.05. The Morgan fingerprint density at radius 3 is 2.27 bits per heavy atom. The van der Waals surface area contributed by atoms with Gasteiger partial charge >= 0.3 is 12.4 Å². The standard InChI is InChI=1S/C13H13F6NO2/c1-20(11(21)7-22-8-12(14,15)16)6-9-4-2-3-5-10(9)13(17,18)19/h2-5H,6-8H2,1H3. The molecule has 0 saturated carbocycles. The topological polar surface area (TPSA) is 29.5 Å². The lowest BCUT2D eigenvalue weighted by molar-refractivity contribution is -0.177. The van der Waals surface area contributed by atoms with E-state index >= 15 is 0 Å². The fourth-order valence-corrected chi connectivity index (χ4v) is 1.64. The van der Waals surface area contributed by atoms with E-state index in [1.807, 2.05) is 0 Å². The lowest BCUT2D eigenvalue weighted by Gasteiger charge is -2.20. The maximum atomic E-state index is 12.8. The lowest BCUT2D eigenvalue weighted by atomic mass is 10.1. The highest BCUT2D eigenvalue weighted by molar-refractivity contribution is 5.77. The van der Waals surface area contributed by atoms with Gasteiger partial charge in [0.2, 0.25) is 5.91 Å². The average molecular weight is 329 g/mol. The van der Waals surface area contributed by atoms with Crippen molar-refractivity contribution in [3.63, 3.8) is 0 Å². The molecule has 0 saturated heterocycles. The van der Waals surface area contributed by atoms with Crippen molar-refractivity contribution in [3.05, 3.63) is 35.4 Å². The molecular weight excluding hydrogens is 316 g/mol. The number of benzene rings is 1. The Bertz CT molecular complexity index is 512. The van der Waals surface area contributed by atoms with Gasteiger partial charge in [-0.15, -0.1) is 0 Å². The molecule has 0 atom stereocenters. The number of nitrogens with zero attached hydrogens (tertiary/aromatic N) is 1. The van der Waals surface area contributed by atoms with Crippen molar-refractivity contribution in [1.29, 1.82) is 0 Å². The largest absolute Gasteiger partial charge is 0.416 e. The Morgan fingerprint density at radius 1 is 1.14 bits per heavy atom. The molecule has 124 valence electrons. The number of rotatable bonds is 5. The van der Waals surface area contributed by atoms with Crippen molar-refractivity contribution >= 4 is 5.91 Å². The normalized spacial score (nSPS) is 12.3. The molecule has 1 rings (SSSR count). The molecule has 0 bridgehead atoms. The van der Waals surface area contributed by atoms with E-state index in [0.29, 0.717) is 0 Å². The van der Waals surface area contributed by atoms with Gasteiger partial charge in [0, 0.05) is 13.6 Å². The van der Waals surface area contributed by atoms with Crippen molar-refractivity contribution in [2.75, 3.05) is 20.3 Å². The molecule has 0 heterocycles. The smallest absolute Gasteiger partial charge is 0.362 e. The zero-order valence-corrected chi connectivity index (χ0v) is 11.5. The summed E-state index contributed by atoms with van der Waals surface area (Å²) in [6.07, 6.45) is -9.14. The molecule has 0 aliphatic rings. The molecule has 0 aliphatic carbocycles. The van der Waals surface area contributed by atoms with Crippen LogP contribution in [0.2, 0.25) is 0 Å². The molecule has 0 aliphatic heterocycles. The molecule has 22 heavy (non-hydrogen) atoms. The van der Waals surface area contributed by atoms with Gasteiger partial charge in [0.15, 0.2) is 0 Å². The fraction of sp³-hybridized carbons (Fsp3) is 0.462. The Morgan fingerprint density at radius 2 is 1.73 bits per heavy atom. The van der Waals surface area contributed by atoms with Crippen LogP contribution in [-0.4, -0.2) is 37.2 Å². The first-order valence-corrected chi connectivity index (χ1v) is 6.04. The number of hydrogen-bond acceptors (Lipinski definition) is 2. The van der Waals surface area contributed by atoms with Crippen molar-refractivity contribution in [3.8, 4) is 0 Å². The van der Waals surface area contributed by atoms with Crippen LogP contribution >= 0.6 is 0 Å². The van der Waals surface area contributed by atoms with Crippen LogP contribution in [0.25, 0.3) is 0 Å². The van der Waals surface area contributed by atoms with Crippen LogP contribution in [0.1, 0.15) is 11.1 Å². The van der Waals surface area contributed by atoms with Crippen molar-refractivity contribution in [2.45, 2.75) is 18.9 Å². The summed E-state index contributed by atoms with van der Waals surface area (Å²) in [4.78, 5) is 12.4. The quantitative estimate of drug-likeness (QED) is 0.776. The van der Waals surface area contributed by atoms with Gasteiger partial charge in [-0.25, -0.2) is 0 Å². The predicted octanol–water partition coefficient (Wildman–Crippen LogP) is 3.24. The summed E-state index contributed by atoms with van der Waals surface area (Å²) in [6.45, 7) is -2.83. The molecule has 3 nitrogen and oxygen atoms in total. The first-order chi connectivity index (χ1) is 10.0.